The molecule has 0 atom stereocenters. The summed E-state index contributed by atoms with van der Waals surface area (Å²) in [5, 5.41) is 10.6. The normalized spacial score (nSPS) is 19.4. The van der Waals surface area contributed by atoms with E-state index >= 15 is 0 Å². The summed E-state index contributed by atoms with van der Waals surface area (Å²) in [5.41, 5.74) is -0.222. The Labute approximate surface area is 78.2 Å². The molecular weight excluding hydrogens is 190 g/mol. The fourth-order valence-corrected chi connectivity index (χ4v) is 2.32. The van der Waals surface area contributed by atoms with Crippen LogP contribution in [-0.2, 0) is 10.2 Å². The van der Waals surface area contributed by atoms with E-state index in [1.165, 1.54) is 0 Å². The van der Waals surface area contributed by atoms with Gasteiger partial charge in [-0.2, -0.15) is 0 Å². The molecule has 1 aromatic heterocycles. The number of thiazole rings is 1. The second-order valence-electron chi connectivity index (χ2n) is 3.30. The molecule has 0 saturated heterocycles. The fourth-order valence-electron chi connectivity index (χ4n) is 1.64. The Morgan fingerprint density at radius 1 is 1.62 bits per heavy atom. The number of carboxylic acids is 1. The highest BCUT2D eigenvalue weighted by atomic mass is 32.1. The molecule has 0 bridgehead atoms. The summed E-state index contributed by atoms with van der Waals surface area (Å²) in [6, 6.07) is 0. The standard InChI is InChI=1S/C8H9NO3S/c10-6(11)8(2-1-3-8)5-4-13-7(12)9-5/h4H,1-3H2,(H,9,12)(H,10,11). The summed E-state index contributed by atoms with van der Waals surface area (Å²) in [7, 11) is 0. The maximum atomic E-state index is 11.0. The van der Waals surface area contributed by atoms with Crippen LogP contribution in [0.3, 0.4) is 0 Å². The van der Waals surface area contributed by atoms with Gasteiger partial charge in [0, 0.05) is 11.1 Å². The van der Waals surface area contributed by atoms with Gasteiger partial charge in [0.25, 0.3) is 0 Å². The quantitative estimate of drug-likeness (QED) is 0.744. The van der Waals surface area contributed by atoms with Crippen LogP contribution in [-0.4, -0.2) is 16.1 Å². The summed E-state index contributed by atoms with van der Waals surface area (Å²) in [6.45, 7) is 0. The van der Waals surface area contributed by atoms with Crippen molar-refractivity contribution in [3.05, 3.63) is 20.7 Å². The first-order chi connectivity index (χ1) is 6.15. The maximum Gasteiger partial charge on any atom is 0.315 e. The number of carboxylic acid groups (broad SMARTS) is 1. The van der Waals surface area contributed by atoms with Crippen LogP contribution in [0.25, 0.3) is 0 Å². The fraction of sp³-hybridized carbons (Fsp3) is 0.500. The largest absolute Gasteiger partial charge is 0.481 e. The number of aromatic nitrogens is 1. The zero-order valence-electron chi connectivity index (χ0n) is 6.87. The molecule has 2 rings (SSSR count). The highest BCUT2D eigenvalue weighted by Crippen LogP contribution is 2.43. The van der Waals surface area contributed by atoms with Crippen LogP contribution in [0.1, 0.15) is 25.0 Å². The molecule has 0 radical (unpaired) electrons. The Hall–Kier alpha value is -1.10. The summed E-state index contributed by atoms with van der Waals surface area (Å²) in [4.78, 5) is 24.3. The van der Waals surface area contributed by atoms with Gasteiger partial charge in [-0.15, -0.1) is 0 Å². The number of H-pyrrole nitrogens is 1. The van der Waals surface area contributed by atoms with Crippen LogP contribution >= 0.6 is 11.3 Å². The summed E-state index contributed by atoms with van der Waals surface area (Å²) >= 11 is 1.02. The average Bonchev–Trinajstić information content (AvgIpc) is 2.32. The summed E-state index contributed by atoms with van der Waals surface area (Å²) in [5.74, 6) is -0.826. The highest BCUT2D eigenvalue weighted by Gasteiger charge is 2.47. The lowest BCUT2D eigenvalue weighted by atomic mass is 9.67. The van der Waals surface area contributed by atoms with Gasteiger partial charge < -0.3 is 10.1 Å². The molecular formula is C8H9NO3S. The van der Waals surface area contributed by atoms with Crippen LogP contribution in [0.5, 0.6) is 0 Å². The lowest BCUT2D eigenvalue weighted by Crippen LogP contribution is -2.42. The minimum Gasteiger partial charge on any atom is -0.481 e. The Morgan fingerprint density at radius 3 is 2.62 bits per heavy atom. The van der Waals surface area contributed by atoms with Gasteiger partial charge in [0.05, 0.1) is 0 Å². The number of carbonyl (C=O) groups is 1. The van der Waals surface area contributed by atoms with E-state index in [0.29, 0.717) is 18.5 Å². The Bertz CT molecular complexity index is 388. The first-order valence-corrected chi connectivity index (χ1v) is 4.95. The van der Waals surface area contributed by atoms with Crippen molar-refractivity contribution in [3.63, 3.8) is 0 Å². The topological polar surface area (TPSA) is 70.2 Å². The van der Waals surface area contributed by atoms with Gasteiger partial charge in [0.1, 0.15) is 5.41 Å². The monoisotopic (exact) mass is 199 g/mol. The molecule has 5 heteroatoms. The molecule has 0 amide bonds. The van der Waals surface area contributed by atoms with Crippen molar-refractivity contribution in [1.29, 1.82) is 0 Å². The Morgan fingerprint density at radius 2 is 2.31 bits per heavy atom. The minimum absolute atomic E-state index is 0.178. The Balaban J connectivity index is 2.42. The van der Waals surface area contributed by atoms with Crippen molar-refractivity contribution >= 4 is 17.3 Å². The van der Waals surface area contributed by atoms with Crippen molar-refractivity contribution in [2.45, 2.75) is 24.7 Å². The van der Waals surface area contributed by atoms with Gasteiger partial charge in [-0.1, -0.05) is 17.8 Å². The smallest absolute Gasteiger partial charge is 0.315 e. The van der Waals surface area contributed by atoms with Crippen molar-refractivity contribution in [2.75, 3.05) is 0 Å². The van der Waals surface area contributed by atoms with Crippen molar-refractivity contribution in [2.24, 2.45) is 0 Å². The molecule has 1 heterocycles. The number of aromatic amines is 1. The summed E-state index contributed by atoms with van der Waals surface area (Å²) < 4.78 is 0. The van der Waals surface area contributed by atoms with Gasteiger partial charge >= 0.3 is 10.8 Å². The SMILES string of the molecule is O=C(O)C1(c2csc(=O)[nH]2)CCC1. The van der Waals surface area contributed by atoms with Crippen molar-refractivity contribution in [1.82, 2.24) is 4.98 Å². The van der Waals surface area contributed by atoms with E-state index < -0.39 is 11.4 Å². The molecule has 13 heavy (non-hydrogen) atoms. The molecule has 1 aromatic rings. The van der Waals surface area contributed by atoms with E-state index in [9.17, 15) is 9.59 Å². The van der Waals surface area contributed by atoms with Crippen LogP contribution in [0.15, 0.2) is 10.2 Å². The van der Waals surface area contributed by atoms with Gasteiger partial charge in [-0.3, -0.25) is 9.59 Å². The van der Waals surface area contributed by atoms with E-state index in [-0.39, 0.29) is 4.87 Å². The zero-order chi connectivity index (χ0) is 9.47. The third-order valence-corrected chi connectivity index (χ3v) is 3.32. The van der Waals surface area contributed by atoms with Gasteiger partial charge in [0.15, 0.2) is 0 Å². The molecule has 1 saturated carbocycles. The molecule has 0 aliphatic heterocycles. The first kappa shape index (κ1) is 8.50. The Kier molecular flexibility index (Phi) is 1.76. The highest BCUT2D eigenvalue weighted by molar-refractivity contribution is 7.07. The van der Waals surface area contributed by atoms with E-state index in [2.05, 4.69) is 4.98 Å². The lowest BCUT2D eigenvalue weighted by Gasteiger charge is -2.36. The first-order valence-electron chi connectivity index (χ1n) is 4.07. The van der Waals surface area contributed by atoms with Crippen LogP contribution in [0.2, 0.25) is 0 Å². The van der Waals surface area contributed by atoms with Crippen molar-refractivity contribution < 1.29 is 9.90 Å². The number of aliphatic carboxylic acids is 1. The molecule has 0 spiro atoms. The van der Waals surface area contributed by atoms with Gasteiger partial charge in [-0.25, -0.2) is 0 Å². The predicted octanol–water partition coefficient (Wildman–Crippen LogP) is 0.943. The number of hydrogen-bond donors (Lipinski definition) is 2. The number of nitrogens with one attached hydrogen (secondary N) is 1. The third kappa shape index (κ3) is 1.11. The maximum absolute atomic E-state index is 11.0. The van der Waals surface area contributed by atoms with E-state index in [1.807, 2.05) is 0 Å². The third-order valence-electron chi connectivity index (χ3n) is 2.65. The second kappa shape index (κ2) is 2.70. The van der Waals surface area contributed by atoms with E-state index in [0.717, 1.165) is 17.8 Å². The van der Waals surface area contributed by atoms with E-state index in [4.69, 9.17) is 5.11 Å². The molecule has 0 unspecified atom stereocenters. The summed E-state index contributed by atoms with van der Waals surface area (Å²) in [6.07, 6.45) is 2.19. The van der Waals surface area contributed by atoms with Gasteiger partial charge in [-0.05, 0) is 12.8 Å². The zero-order valence-corrected chi connectivity index (χ0v) is 7.69. The van der Waals surface area contributed by atoms with Gasteiger partial charge in [0.2, 0.25) is 0 Å². The minimum atomic E-state index is -0.826. The van der Waals surface area contributed by atoms with Crippen LogP contribution in [0, 0.1) is 0 Å². The van der Waals surface area contributed by atoms with Crippen molar-refractivity contribution in [3.8, 4) is 0 Å². The van der Waals surface area contributed by atoms with E-state index in [1.54, 1.807) is 5.38 Å². The molecule has 4 nitrogen and oxygen atoms in total. The molecule has 0 aromatic carbocycles. The number of hydrogen-bond acceptors (Lipinski definition) is 3. The van der Waals surface area contributed by atoms with Crippen LogP contribution in [0.4, 0.5) is 0 Å². The molecule has 1 aliphatic carbocycles. The average molecular weight is 199 g/mol. The second-order valence-corrected chi connectivity index (χ2v) is 4.14. The number of rotatable bonds is 2. The molecule has 1 aliphatic rings. The molecule has 70 valence electrons. The molecule has 2 N–H and O–H groups in total. The predicted molar refractivity (Wildman–Crippen MR) is 48.1 cm³/mol. The molecule has 1 fully saturated rings. The van der Waals surface area contributed by atoms with Crippen LogP contribution < -0.4 is 4.87 Å². The lowest BCUT2D eigenvalue weighted by molar-refractivity contribution is -0.147.